The van der Waals surface area contributed by atoms with E-state index >= 15 is 0 Å². The summed E-state index contributed by atoms with van der Waals surface area (Å²) in [5.41, 5.74) is 1.29. The highest BCUT2D eigenvalue weighted by Gasteiger charge is 2.25. The number of hydrogen-bond donors (Lipinski definition) is 2. The molecule has 1 heterocycles. The minimum Gasteiger partial charge on any atom is -0.338 e. The third kappa shape index (κ3) is 5.13. The molecule has 0 spiro atoms. The predicted octanol–water partition coefficient (Wildman–Crippen LogP) is 2.78. The van der Waals surface area contributed by atoms with E-state index < -0.39 is 10.0 Å². The van der Waals surface area contributed by atoms with Crippen molar-refractivity contribution in [3.05, 3.63) is 24.3 Å². The van der Waals surface area contributed by atoms with Crippen LogP contribution in [-0.2, 0) is 10.0 Å². The van der Waals surface area contributed by atoms with Crippen molar-refractivity contribution >= 4 is 27.4 Å². The van der Waals surface area contributed by atoms with Crippen LogP contribution in [0.3, 0.4) is 0 Å². The Hall–Kier alpha value is -1.76. The van der Waals surface area contributed by atoms with Crippen molar-refractivity contribution in [2.75, 3.05) is 28.5 Å². The molecular weight excluding hydrogens is 314 g/mol. The van der Waals surface area contributed by atoms with Gasteiger partial charge in [0, 0.05) is 18.8 Å². The summed E-state index contributed by atoms with van der Waals surface area (Å²) in [5, 5.41) is 5.55. The van der Waals surface area contributed by atoms with E-state index in [-0.39, 0.29) is 11.8 Å². The number of hydrogen-bond acceptors (Lipinski definition) is 3. The molecule has 6 nitrogen and oxygen atoms in total. The van der Waals surface area contributed by atoms with E-state index in [1.54, 1.807) is 24.3 Å². The fourth-order valence-electron chi connectivity index (χ4n) is 2.44. The van der Waals surface area contributed by atoms with Crippen LogP contribution in [0.1, 0.15) is 33.1 Å². The van der Waals surface area contributed by atoms with Gasteiger partial charge >= 0.3 is 6.03 Å². The molecule has 1 aliphatic heterocycles. The van der Waals surface area contributed by atoms with Crippen LogP contribution in [0, 0.1) is 5.92 Å². The van der Waals surface area contributed by atoms with Crippen LogP contribution in [0.25, 0.3) is 0 Å². The first kappa shape index (κ1) is 17.6. The zero-order valence-electron chi connectivity index (χ0n) is 13.7. The Morgan fingerprint density at radius 1 is 1.22 bits per heavy atom. The zero-order valence-corrected chi connectivity index (χ0v) is 14.5. The first-order valence-corrected chi connectivity index (χ1v) is 9.65. The zero-order chi connectivity index (χ0) is 16.9. The molecule has 1 aromatic carbocycles. The number of sulfonamides is 1. The van der Waals surface area contributed by atoms with E-state index in [0.717, 1.165) is 19.3 Å². The van der Waals surface area contributed by atoms with Gasteiger partial charge in [-0.1, -0.05) is 13.8 Å². The minimum atomic E-state index is -3.20. The lowest BCUT2D eigenvalue weighted by atomic mass is 10.1. The molecule has 23 heavy (non-hydrogen) atoms. The third-order valence-electron chi connectivity index (χ3n) is 3.77. The smallest absolute Gasteiger partial charge is 0.319 e. The van der Waals surface area contributed by atoms with E-state index in [1.165, 1.54) is 4.31 Å². The largest absolute Gasteiger partial charge is 0.338 e. The van der Waals surface area contributed by atoms with Gasteiger partial charge in [-0.15, -0.1) is 0 Å². The number of nitrogens with one attached hydrogen (secondary N) is 2. The third-order valence-corrected chi connectivity index (χ3v) is 5.64. The molecule has 0 unspecified atom stereocenters. The Kier molecular flexibility index (Phi) is 5.87. The number of carbonyl (C=O) groups is 1. The predicted molar refractivity (Wildman–Crippen MR) is 93.3 cm³/mol. The van der Waals surface area contributed by atoms with Crippen molar-refractivity contribution in [1.29, 1.82) is 0 Å². The van der Waals surface area contributed by atoms with Crippen LogP contribution < -0.4 is 14.9 Å². The standard InChI is InChI=1S/C16H25N3O3S/c1-13(2)9-10-17-16(20)18-14-5-7-15(8-6-14)19-11-3-4-12-23(19,21)22/h5-8,13H,3-4,9-12H2,1-2H3,(H2,17,18,20). The molecule has 0 bridgehead atoms. The molecule has 1 saturated heterocycles. The summed E-state index contributed by atoms with van der Waals surface area (Å²) in [6.45, 7) is 5.36. The van der Waals surface area contributed by atoms with E-state index in [1.807, 2.05) is 0 Å². The summed E-state index contributed by atoms with van der Waals surface area (Å²) < 4.78 is 25.6. The first-order valence-electron chi connectivity index (χ1n) is 8.04. The summed E-state index contributed by atoms with van der Waals surface area (Å²) in [6, 6.07) is 6.66. The molecule has 1 fully saturated rings. The van der Waals surface area contributed by atoms with Crippen LogP contribution in [0.2, 0.25) is 0 Å². The maximum atomic E-state index is 12.1. The van der Waals surface area contributed by atoms with Crippen molar-refractivity contribution in [3.8, 4) is 0 Å². The highest BCUT2D eigenvalue weighted by Crippen LogP contribution is 2.24. The van der Waals surface area contributed by atoms with Gasteiger partial charge in [-0.2, -0.15) is 0 Å². The second-order valence-corrected chi connectivity index (χ2v) is 8.22. The quantitative estimate of drug-likeness (QED) is 0.866. The summed E-state index contributed by atoms with van der Waals surface area (Å²) in [5.74, 6) is 0.742. The molecule has 0 aliphatic carbocycles. The second-order valence-electron chi connectivity index (χ2n) is 6.21. The van der Waals surface area contributed by atoms with Gasteiger partial charge in [-0.25, -0.2) is 13.2 Å². The average Bonchev–Trinajstić information content (AvgIpc) is 2.47. The van der Waals surface area contributed by atoms with Gasteiger partial charge in [0.2, 0.25) is 10.0 Å². The lowest BCUT2D eigenvalue weighted by Crippen LogP contribution is -2.37. The van der Waals surface area contributed by atoms with Gasteiger partial charge < -0.3 is 10.6 Å². The van der Waals surface area contributed by atoms with Crippen molar-refractivity contribution < 1.29 is 13.2 Å². The van der Waals surface area contributed by atoms with Crippen LogP contribution in [0.4, 0.5) is 16.2 Å². The van der Waals surface area contributed by atoms with Gasteiger partial charge in [-0.3, -0.25) is 4.31 Å². The summed E-state index contributed by atoms with van der Waals surface area (Å²) in [7, 11) is -3.20. The SMILES string of the molecule is CC(C)CCNC(=O)Nc1ccc(N2CCCCS2(=O)=O)cc1. The van der Waals surface area contributed by atoms with Crippen LogP contribution in [0.15, 0.2) is 24.3 Å². The number of anilines is 2. The fourth-order valence-corrected chi connectivity index (χ4v) is 4.08. The van der Waals surface area contributed by atoms with Crippen molar-refractivity contribution in [3.63, 3.8) is 0 Å². The molecule has 1 aliphatic rings. The highest BCUT2D eigenvalue weighted by atomic mass is 32.2. The monoisotopic (exact) mass is 339 g/mol. The summed E-state index contributed by atoms with van der Waals surface area (Å²) in [6.07, 6.45) is 2.52. The molecule has 2 N–H and O–H groups in total. The lowest BCUT2D eigenvalue weighted by molar-refractivity contribution is 0.251. The molecule has 0 radical (unpaired) electrons. The maximum Gasteiger partial charge on any atom is 0.319 e. The van der Waals surface area contributed by atoms with E-state index in [4.69, 9.17) is 0 Å². The Balaban J connectivity index is 1.93. The summed E-state index contributed by atoms with van der Waals surface area (Å²) >= 11 is 0. The van der Waals surface area contributed by atoms with Crippen molar-refractivity contribution in [2.45, 2.75) is 33.1 Å². The van der Waals surface area contributed by atoms with E-state index in [0.29, 0.717) is 30.4 Å². The molecule has 2 amide bonds. The second kappa shape index (κ2) is 7.68. The normalized spacial score (nSPS) is 17.1. The van der Waals surface area contributed by atoms with Crippen molar-refractivity contribution in [1.82, 2.24) is 5.32 Å². The van der Waals surface area contributed by atoms with Gasteiger partial charge in [0.05, 0.1) is 11.4 Å². The number of benzene rings is 1. The van der Waals surface area contributed by atoms with Gasteiger partial charge in [-0.05, 0) is 49.4 Å². The number of carbonyl (C=O) groups excluding carboxylic acids is 1. The molecule has 0 atom stereocenters. The van der Waals surface area contributed by atoms with E-state index in [2.05, 4.69) is 24.5 Å². The first-order chi connectivity index (χ1) is 10.9. The number of urea groups is 1. The van der Waals surface area contributed by atoms with Gasteiger partial charge in [0.25, 0.3) is 0 Å². The minimum absolute atomic E-state index is 0.200. The Morgan fingerprint density at radius 3 is 2.52 bits per heavy atom. The number of rotatable bonds is 5. The molecule has 0 aromatic heterocycles. The Morgan fingerprint density at radius 2 is 1.91 bits per heavy atom. The molecule has 128 valence electrons. The van der Waals surface area contributed by atoms with Gasteiger partial charge in [0.1, 0.15) is 0 Å². The van der Waals surface area contributed by atoms with Crippen LogP contribution in [-0.4, -0.2) is 33.3 Å². The molecule has 0 saturated carbocycles. The van der Waals surface area contributed by atoms with Crippen molar-refractivity contribution in [2.24, 2.45) is 5.92 Å². The average molecular weight is 339 g/mol. The van der Waals surface area contributed by atoms with E-state index in [9.17, 15) is 13.2 Å². The lowest BCUT2D eigenvalue weighted by Gasteiger charge is -2.28. The Bertz CT molecular complexity index is 626. The topological polar surface area (TPSA) is 78.5 Å². The summed E-state index contributed by atoms with van der Waals surface area (Å²) in [4.78, 5) is 11.8. The Labute approximate surface area is 138 Å². The highest BCUT2D eigenvalue weighted by molar-refractivity contribution is 7.92. The molecular formula is C16H25N3O3S. The van der Waals surface area contributed by atoms with Crippen LogP contribution in [0.5, 0.6) is 0 Å². The fraction of sp³-hybridized carbons (Fsp3) is 0.562. The van der Waals surface area contributed by atoms with Gasteiger partial charge in [0.15, 0.2) is 0 Å². The maximum absolute atomic E-state index is 12.1. The number of nitrogens with zero attached hydrogens (tertiary/aromatic N) is 1. The van der Waals surface area contributed by atoms with Crippen LogP contribution >= 0.6 is 0 Å². The molecule has 7 heteroatoms. The molecule has 1 aromatic rings. The molecule has 2 rings (SSSR count). The number of amides is 2.